The molecule has 0 aromatic carbocycles. The second kappa shape index (κ2) is 6.99. The van der Waals surface area contributed by atoms with Gasteiger partial charge in [0.05, 0.1) is 12.7 Å². The van der Waals surface area contributed by atoms with Crippen LogP contribution < -0.4 is 5.32 Å². The summed E-state index contributed by atoms with van der Waals surface area (Å²) in [6.45, 7) is 5.71. The molecule has 0 aliphatic rings. The Kier molecular flexibility index (Phi) is 5.05. The van der Waals surface area contributed by atoms with E-state index in [-0.39, 0.29) is 5.91 Å². The summed E-state index contributed by atoms with van der Waals surface area (Å²) in [5, 5.41) is 7.15. The highest BCUT2D eigenvalue weighted by Crippen LogP contribution is 2.13. The van der Waals surface area contributed by atoms with E-state index in [0.717, 1.165) is 23.5 Å². The number of nitrogens with one attached hydrogen (secondary N) is 1. The van der Waals surface area contributed by atoms with Gasteiger partial charge in [-0.3, -0.25) is 14.7 Å². The van der Waals surface area contributed by atoms with Crippen molar-refractivity contribution in [3.05, 3.63) is 41.9 Å². The second-order valence-corrected chi connectivity index (χ2v) is 5.07. The predicted octanol–water partition coefficient (Wildman–Crippen LogP) is 1.68. The average Bonchev–Trinajstić information content (AvgIpc) is 2.80. The fourth-order valence-electron chi connectivity index (χ4n) is 2.15. The van der Waals surface area contributed by atoms with Gasteiger partial charge < -0.3 is 5.32 Å². The Morgan fingerprint density at radius 1 is 1.38 bits per heavy atom. The van der Waals surface area contributed by atoms with Gasteiger partial charge in [0.2, 0.25) is 5.91 Å². The van der Waals surface area contributed by atoms with Crippen LogP contribution in [0.5, 0.6) is 0 Å². The van der Waals surface area contributed by atoms with E-state index in [1.54, 1.807) is 23.3 Å². The molecule has 0 aliphatic carbocycles. The van der Waals surface area contributed by atoms with Crippen LogP contribution in [0.25, 0.3) is 0 Å². The molecular weight excluding hydrogens is 266 g/mol. The molecule has 0 fully saturated rings. The van der Waals surface area contributed by atoms with Crippen LogP contribution in [0, 0.1) is 6.92 Å². The topological polar surface area (TPSA) is 63.1 Å². The first-order chi connectivity index (χ1) is 10.1. The van der Waals surface area contributed by atoms with E-state index in [0.29, 0.717) is 13.1 Å². The first-order valence-electron chi connectivity index (χ1n) is 7.00. The lowest BCUT2D eigenvalue weighted by atomic mass is 10.2. The molecule has 0 radical (unpaired) electrons. The Morgan fingerprint density at radius 3 is 2.76 bits per heavy atom. The number of aryl methyl sites for hydroxylation is 2. The molecule has 0 spiro atoms. The Hall–Kier alpha value is -2.21. The first kappa shape index (κ1) is 15.2. The smallest absolute Gasteiger partial charge is 0.239 e. The highest BCUT2D eigenvalue weighted by Gasteiger charge is 2.12. The van der Waals surface area contributed by atoms with Crippen LogP contribution in [0.4, 0.5) is 5.82 Å². The number of aromatic nitrogens is 3. The van der Waals surface area contributed by atoms with Crippen LogP contribution >= 0.6 is 0 Å². The predicted molar refractivity (Wildman–Crippen MR) is 81.8 cm³/mol. The number of hydrogen-bond acceptors (Lipinski definition) is 4. The largest absolute Gasteiger partial charge is 0.310 e. The molecule has 6 nitrogen and oxygen atoms in total. The lowest BCUT2D eigenvalue weighted by Gasteiger charge is -2.16. The zero-order chi connectivity index (χ0) is 15.2. The highest BCUT2D eigenvalue weighted by atomic mass is 16.2. The second-order valence-electron chi connectivity index (χ2n) is 5.07. The maximum Gasteiger partial charge on any atom is 0.239 e. The number of anilines is 1. The molecule has 0 unspecified atom stereocenters. The van der Waals surface area contributed by atoms with Crippen LogP contribution in [0.3, 0.4) is 0 Å². The van der Waals surface area contributed by atoms with E-state index >= 15 is 0 Å². The van der Waals surface area contributed by atoms with Gasteiger partial charge in [-0.05, 0) is 38.6 Å². The third-order valence-electron chi connectivity index (χ3n) is 3.20. The molecule has 21 heavy (non-hydrogen) atoms. The van der Waals surface area contributed by atoms with E-state index in [2.05, 4.69) is 15.4 Å². The van der Waals surface area contributed by atoms with Gasteiger partial charge in [0.1, 0.15) is 5.82 Å². The molecule has 112 valence electrons. The molecule has 0 atom stereocenters. The van der Waals surface area contributed by atoms with Gasteiger partial charge in [-0.15, -0.1) is 0 Å². The summed E-state index contributed by atoms with van der Waals surface area (Å²) >= 11 is 0. The molecule has 2 heterocycles. The highest BCUT2D eigenvalue weighted by molar-refractivity contribution is 5.92. The third-order valence-corrected chi connectivity index (χ3v) is 3.20. The number of carbonyl (C=O) groups is 1. The maximum absolute atomic E-state index is 12.1. The van der Waals surface area contributed by atoms with Gasteiger partial charge in [-0.1, -0.05) is 0 Å². The van der Waals surface area contributed by atoms with Crippen molar-refractivity contribution >= 4 is 11.7 Å². The van der Waals surface area contributed by atoms with Crippen LogP contribution in [-0.2, 0) is 17.9 Å². The molecule has 0 saturated heterocycles. The molecule has 0 saturated carbocycles. The minimum atomic E-state index is -0.0372. The number of likely N-dealkylation sites (N-methyl/N-ethyl adjacent to an activating group) is 1. The standard InChI is InChI=1S/C15H21N5O/c1-4-20-15(12(2)9-17-20)18-14(21)11-19(3)10-13-5-7-16-8-6-13/h5-9H,4,10-11H2,1-3H3,(H,18,21). The lowest BCUT2D eigenvalue weighted by molar-refractivity contribution is -0.117. The molecule has 2 aromatic rings. The monoisotopic (exact) mass is 287 g/mol. The zero-order valence-corrected chi connectivity index (χ0v) is 12.7. The number of pyridine rings is 1. The van der Waals surface area contributed by atoms with E-state index in [9.17, 15) is 4.79 Å². The summed E-state index contributed by atoms with van der Waals surface area (Å²) in [6, 6.07) is 3.90. The zero-order valence-electron chi connectivity index (χ0n) is 12.7. The molecule has 2 rings (SSSR count). The van der Waals surface area contributed by atoms with Crippen molar-refractivity contribution < 1.29 is 4.79 Å². The normalized spacial score (nSPS) is 10.9. The Morgan fingerprint density at radius 2 is 2.10 bits per heavy atom. The Labute approximate surface area is 124 Å². The molecule has 2 aromatic heterocycles. The summed E-state index contributed by atoms with van der Waals surface area (Å²) in [7, 11) is 1.92. The summed E-state index contributed by atoms with van der Waals surface area (Å²) in [4.78, 5) is 18.1. The van der Waals surface area contributed by atoms with Crippen LogP contribution in [-0.4, -0.2) is 39.2 Å². The van der Waals surface area contributed by atoms with Crippen molar-refractivity contribution in [2.75, 3.05) is 18.9 Å². The molecule has 1 N–H and O–H groups in total. The van der Waals surface area contributed by atoms with Crippen molar-refractivity contribution in [1.82, 2.24) is 19.7 Å². The molecule has 6 heteroatoms. The van der Waals surface area contributed by atoms with Crippen LogP contribution in [0.1, 0.15) is 18.1 Å². The minimum absolute atomic E-state index is 0.0372. The lowest BCUT2D eigenvalue weighted by Crippen LogP contribution is -2.30. The van der Waals surface area contributed by atoms with Crippen molar-refractivity contribution in [1.29, 1.82) is 0 Å². The molecule has 1 amide bonds. The third kappa shape index (κ3) is 4.13. The molecular formula is C15H21N5O. The van der Waals surface area contributed by atoms with Gasteiger partial charge in [0, 0.05) is 31.0 Å². The summed E-state index contributed by atoms with van der Waals surface area (Å²) in [6.07, 6.45) is 5.28. The fraction of sp³-hybridized carbons (Fsp3) is 0.400. The van der Waals surface area contributed by atoms with E-state index in [4.69, 9.17) is 0 Å². The van der Waals surface area contributed by atoms with E-state index < -0.39 is 0 Å². The van der Waals surface area contributed by atoms with Crippen molar-refractivity contribution in [2.24, 2.45) is 0 Å². The van der Waals surface area contributed by atoms with Crippen LogP contribution in [0.15, 0.2) is 30.7 Å². The Bertz CT molecular complexity index is 593. The summed E-state index contributed by atoms with van der Waals surface area (Å²) < 4.78 is 1.79. The molecule has 0 bridgehead atoms. The average molecular weight is 287 g/mol. The van der Waals surface area contributed by atoms with Crippen molar-refractivity contribution in [3.63, 3.8) is 0 Å². The number of nitrogens with zero attached hydrogens (tertiary/aromatic N) is 4. The van der Waals surface area contributed by atoms with Gasteiger partial charge in [0.25, 0.3) is 0 Å². The van der Waals surface area contributed by atoms with Gasteiger partial charge in [-0.2, -0.15) is 5.10 Å². The fourth-order valence-corrected chi connectivity index (χ4v) is 2.15. The van der Waals surface area contributed by atoms with Gasteiger partial charge in [-0.25, -0.2) is 4.68 Å². The van der Waals surface area contributed by atoms with Gasteiger partial charge in [0.15, 0.2) is 0 Å². The van der Waals surface area contributed by atoms with Crippen molar-refractivity contribution in [3.8, 4) is 0 Å². The first-order valence-corrected chi connectivity index (χ1v) is 7.00. The van der Waals surface area contributed by atoms with Crippen molar-refractivity contribution in [2.45, 2.75) is 26.9 Å². The van der Waals surface area contributed by atoms with Gasteiger partial charge >= 0.3 is 0 Å². The summed E-state index contributed by atoms with van der Waals surface area (Å²) in [5.74, 6) is 0.740. The molecule has 0 aliphatic heterocycles. The quantitative estimate of drug-likeness (QED) is 0.878. The SMILES string of the molecule is CCn1ncc(C)c1NC(=O)CN(C)Cc1ccncc1. The minimum Gasteiger partial charge on any atom is -0.310 e. The summed E-state index contributed by atoms with van der Waals surface area (Å²) in [5.41, 5.74) is 2.11. The maximum atomic E-state index is 12.1. The van der Waals surface area contributed by atoms with E-state index in [1.807, 2.05) is 37.9 Å². The number of carbonyl (C=O) groups excluding carboxylic acids is 1. The number of rotatable bonds is 6. The van der Waals surface area contributed by atoms with E-state index in [1.165, 1.54) is 0 Å². The number of amides is 1. The Balaban J connectivity index is 1.91. The van der Waals surface area contributed by atoms with Crippen LogP contribution in [0.2, 0.25) is 0 Å². The number of hydrogen-bond donors (Lipinski definition) is 1.